The van der Waals surface area contributed by atoms with E-state index in [1.807, 2.05) is 0 Å². The van der Waals surface area contributed by atoms with Crippen LogP contribution in [0.3, 0.4) is 0 Å². The summed E-state index contributed by atoms with van der Waals surface area (Å²) >= 11 is 0. The number of hydrogen-bond donors (Lipinski definition) is 1. The van der Waals surface area contributed by atoms with E-state index in [9.17, 15) is 0 Å². The van der Waals surface area contributed by atoms with Gasteiger partial charge in [-0.05, 0) is 0 Å². The van der Waals surface area contributed by atoms with Gasteiger partial charge in [0.2, 0.25) is 0 Å². The molecule has 1 aromatic rings. The van der Waals surface area contributed by atoms with Crippen LogP contribution in [-0.2, 0) is 0 Å². The van der Waals surface area contributed by atoms with Gasteiger partial charge < -0.3 is 9.88 Å². The molecule has 1 fully saturated rings. The molecule has 2 heterocycles. The highest BCUT2D eigenvalue weighted by molar-refractivity contribution is 6.53. The smallest absolute Gasteiger partial charge is 0.153 e. The summed E-state index contributed by atoms with van der Waals surface area (Å²) < 4.78 is 2.60. The van der Waals surface area contributed by atoms with Gasteiger partial charge in [0.15, 0.2) is 8.56 Å². The van der Waals surface area contributed by atoms with Crippen molar-refractivity contribution in [3.05, 3.63) is 29.6 Å². The fraction of sp³-hybridized carbons (Fsp3) is 0.444. The van der Waals surface area contributed by atoms with Crippen LogP contribution in [0.25, 0.3) is 0 Å². The van der Waals surface area contributed by atoms with E-state index in [-0.39, 0.29) is 0 Å². The first kappa shape index (κ1) is 7.95. The Kier molecular flexibility index (Phi) is 2.53. The molecule has 0 bridgehead atoms. The maximum atomic E-state index is 3.37. The van der Waals surface area contributed by atoms with Crippen LogP contribution in [-0.4, -0.2) is 34.7 Å². The molecule has 2 nitrogen and oxygen atoms in total. The highest BCUT2D eigenvalue weighted by atomic mass is 28.2. The van der Waals surface area contributed by atoms with Gasteiger partial charge in [-0.1, -0.05) is 29.6 Å². The third kappa shape index (κ3) is 1.73. The highest BCUT2D eigenvalue weighted by Crippen LogP contribution is 1.93. The van der Waals surface area contributed by atoms with Crippen molar-refractivity contribution in [1.29, 1.82) is 0 Å². The minimum absolute atomic E-state index is 0.448. The zero-order chi connectivity index (χ0) is 8.23. The standard InChI is InChI=1S/C9H14N2Si/c1-2-8-12(9-3-1)11-6-4-10-5-7-11/h1-3,8-10H,4-7H2. The van der Waals surface area contributed by atoms with Gasteiger partial charge in [-0.3, -0.25) is 0 Å². The van der Waals surface area contributed by atoms with Crippen molar-refractivity contribution >= 4 is 8.56 Å². The lowest BCUT2D eigenvalue weighted by molar-refractivity contribution is 0.606. The maximum absolute atomic E-state index is 3.37. The van der Waals surface area contributed by atoms with Gasteiger partial charge in [0, 0.05) is 26.2 Å². The third-order valence-electron chi connectivity index (χ3n) is 2.24. The molecule has 3 heteroatoms. The molecule has 2 rings (SSSR count). The third-order valence-corrected chi connectivity index (χ3v) is 4.48. The predicted octanol–water partition coefficient (Wildman–Crippen LogP) is 0.253. The molecule has 1 aromatic heterocycles. The molecular formula is C9H14N2Si. The molecule has 12 heavy (non-hydrogen) atoms. The van der Waals surface area contributed by atoms with Gasteiger partial charge in [-0.15, -0.1) is 0 Å². The number of rotatable bonds is 1. The minimum atomic E-state index is -0.448. The quantitative estimate of drug-likeness (QED) is 0.620. The van der Waals surface area contributed by atoms with E-state index in [1.54, 1.807) is 0 Å². The van der Waals surface area contributed by atoms with E-state index in [0.717, 1.165) is 13.1 Å². The molecule has 64 valence electrons. The van der Waals surface area contributed by atoms with Crippen molar-refractivity contribution in [2.45, 2.75) is 0 Å². The first-order chi connectivity index (χ1) is 5.97. The molecule has 0 spiro atoms. The second-order valence-corrected chi connectivity index (χ2v) is 5.22. The van der Waals surface area contributed by atoms with Crippen LogP contribution in [0.4, 0.5) is 0 Å². The average Bonchev–Trinajstić information content (AvgIpc) is 2.21. The summed E-state index contributed by atoms with van der Waals surface area (Å²) in [5.74, 6) is 0. The Bertz CT molecular complexity index is 232. The van der Waals surface area contributed by atoms with Crippen LogP contribution in [0.5, 0.6) is 0 Å². The topological polar surface area (TPSA) is 15.3 Å². The highest BCUT2D eigenvalue weighted by Gasteiger charge is 2.09. The number of nitrogens with one attached hydrogen (secondary N) is 1. The lowest BCUT2D eigenvalue weighted by Gasteiger charge is -2.29. The molecule has 0 unspecified atom stereocenters. The van der Waals surface area contributed by atoms with Gasteiger partial charge in [0.1, 0.15) is 0 Å². The fourth-order valence-corrected chi connectivity index (χ4v) is 3.45. The summed E-state index contributed by atoms with van der Waals surface area (Å²) in [6.45, 7) is 4.73. The lowest BCUT2D eigenvalue weighted by Crippen LogP contribution is -2.49. The van der Waals surface area contributed by atoms with E-state index in [0.29, 0.717) is 0 Å². The van der Waals surface area contributed by atoms with Crippen LogP contribution in [0.1, 0.15) is 0 Å². The van der Waals surface area contributed by atoms with Crippen molar-refractivity contribution < 1.29 is 0 Å². The number of nitrogens with zero attached hydrogens (tertiary/aromatic N) is 1. The average molecular weight is 178 g/mol. The molecule has 0 amide bonds. The molecule has 1 N–H and O–H groups in total. The Morgan fingerprint density at radius 3 is 2.33 bits per heavy atom. The molecule has 1 aliphatic heterocycles. The molecule has 0 aliphatic carbocycles. The zero-order valence-corrected chi connectivity index (χ0v) is 8.16. The van der Waals surface area contributed by atoms with Crippen LogP contribution in [0.15, 0.2) is 29.6 Å². The van der Waals surface area contributed by atoms with Gasteiger partial charge >= 0.3 is 0 Å². The molecule has 0 saturated carbocycles. The summed E-state index contributed by atoms with van der Waals surface area (Å²) in [6.07, 6.45) is 0. The molecular weight excluding hydrogens is 164 g/mol. The molecule has 1 saturated heterocycles. The van der Waals surface area contributed by atoms with E-state index < -0.39 is 8.56 Å². The fourth-order valence-electron chi connectivity index (χ4n) is 1.56. The Hall–Kier alpha value is -0.673. The summed E-state index contributed by atoms with van der Waals surface area (Å²) in [5.41, 5.74) is 4.71. The van der Waals surface area contributed by atoms with Crippen molar-refractivity contribution in [2.75, 3.05) is 30.7 Å². The van der Waals surface area contributed by atoms with Crippen molar-refractivity contribution in [3.63, 3.8) is 0 Å². The van der Waals surface area contributed by atoms with Gasteiger partial charge in [-0.2, -0.15) is 0 Å². The van der Waals surface area contributed by atoms with Gasteiger partial charge in [0.25, 0.3) is 0 Å². The second-order valence-electron chi connectivity index (χ2n) is 3.07. The molecule has 0 aromatic carbocycles. The van der Waals surface area contributed by atoms with E-state index in [1.165, 1.54) is 13.1 Å². The van der Waals surface area contributed by atoms with Crippen LogP contribution in [0, 0.1) is 0 Å². The molecule has 0 atom stereocenters. The molecule has 0 radical (unpaired) electrons. The Morgan fingerprint density at radius 1 is 1.00 bits per heavy atom. The van der Waals surface area contributed by atoms with Gasteiger partial charge in [0.05, 0.1) is 0 Å². The van der Waals surface area contributed by atoms with Crippen LogP contribution in [0.2, 0.25) is 0 Å². The van der Waals surface area contributed by atoms with E-state index in [2.05, 4.69) is 39.4 Å². The summed E-state index contributed by atoms with van der Waals surface area (Å²) in [7, 11) is -0.448. The van der Waals surface area contributed by atoms with Gasteiger partial charge in [-0.25, -0.2) is 0 Å². The van der Waals surface area contributed by atoms with E-state index >= 15 is 0 Å². The minimum Gasteiger partial charge on any atom is -0.402 e. The Morgan fingerprint density at radius 2 is 1.67 bits per heavy atom. The van der Waals surface area contributed by atoms with Crippen molar-refractivity contribution in [2.24, 2.45) is 0 Å². The summed E-state index contributed by atoms with van der Waals surface area (Å²) in [6, 6.07) is 6.46. The Labute approximate surface area is 74.8 Å². The Balaban J connectivity index is 2.08. The van der Waals surface area contributed by atoms with Crippen molar-refractivity contribution in [3.8, 4) is 0 Å². The maximum Gasteiger partial charge on any atom is 0.153 e. The van der Waals surface area contributed by atoms with Crippen LogP contribution < -0.4 is 9.88 Å². The zero-order valence-electron chi connectivity index (χ0n) is 7.16. The van der Waals surface area contributed by atoms with E-state index in [4.69, 9.17) is 0 Å². The molecule has 1 aliphatic rings. The predicted molar refractivity (Wildman–Crippen MR) is 53.2 cm³/mol. The normalized spacial score (nSPS) is 17.8. The largest absolute Gasteiger partial charge is 0.402 e. The summed E-state index contributed by atoms with van der Waals surface area (Å²) in [4.78, 5) is 0. The monoisotopic (exact) mass is 178 g/mol. The second kappa shape index (κ2) is 3.82. The number of piperazine rings is 1. The SMILES string of the molecule is c1cc[si](N2CCNCC2)cc1. The van der Waals surface area contributed by atoms with Crippen molar-refractivity contribution in [1.82, 2.24) is 5.32 Å². The van der Waals surface area contributed by atoms with Crippen LogP contribution >= 0.6 is 0 Å². The first-order valence-corrected chi connectivity index (χ1v) is 6.08. The number of hydrogen-bond acceptors (Lipinski definition) is 2. The first-order valence-electron chi connectivity index (χ1n) is 4.47. The summed E-state index contributed by atoms with van der Waals surface area (Å²) in [5, 5.41) is 3.37. The lowest BCUT2D eigenvalue weighted by atomic mass is 10.4.